The molecule has 1 aliphatic heterocycles. The number of esters is 2. The van der Waals surface area contributed by atoms with E-state index in [-0.39, 0.29) is 36.6 Å². The third kappa shape index (κ3) is 6.77. The molecule has 256 valence electrons. The molecule has 3 heterocycles. The van der Waals surface area contributed by atoms with E-state index in [1.807, 2.05) is 31.4 Å². The molecule has 0 radical (unpaired) electrons. The van der Waals surface area contributed by atoms with Crippen molar-refractivity contribution in [3.05, 3.63) is 112 Å². The van der Waals surface area contributed by atoms with Crippen LogP contribution in [-0.4, -0.2) is 52.9 Å². The molecule has 0 aliphatic carbocycles. The number of rotatable bonds is 11. The molecule has 0 saturated heterocycles. The summed E-state index contributed by atoms with van der Waals surface area (Å²) in [7, 11) is 1.26. The first-order chi connectivity index (χ1) is 23.4. The fraction of sp³-hybridized carbons (Fsp3) is 0.314. The Morgan fingerprint density at radius 1 is 1.02 bits per heavy atom. The Labute approximate surface area is 285 Å². The first-order valence-electron chi connectivity index (χ1n) is 15.5. The van der Waals surface area contributed by atoms with Crippen molar-refractivity contribution >= 4 is 35.0 Å². The van der Waals surface area contributed by atoms with Gasteiger partial charge in [-0.05, 0) is 88.6 Å². The molecule has 1 aliphatic rings. The minimum atomic E-state index is -0.901. The van der Waals surface area contributed by atoms with Gasteiger partial charge in [0.2, 0.25) is 0 Å². The lowest BCUT2D eigenvalue weighted by Crippen LogP contribution is -2.40. The summed E-state index contributed by atoms with van der Waals surface area (Å²) < 4.78 is 25.4. The Bertz CT molecular complexity index is 2190. The molecule has 13 nitrogen and oxygen atoms in total. The summed E-state index contributed by atoms with van der Waals surface area (Å²) in [5, 5.41) is 11.3. The van der Waals surface area contributed by atoms with E-state index in [4.69, 9.17) is 14.2 Å². The highest BCUT2D eigenvalue weighted by atomic mass is 32.1. The molecule has 0 spiro atoms. The zero-order chi connectivity index (χ0) is 35.6. The van der Waals surface area contributed by atoms with Gasteiger partial charge >= 0.3 is 11.9 Å². The molecule has 0 amide bonds. The highest BCUT2D eigenvalue weighted by molar-refractivity contribution is 7.07. The molecule has 0 saturated carbocycles. The summed E-state index contributed by atoms with van der Waals surface area (Å²) in [6.07, 6.45) is 1.79. The topological polar surface area (TPSA) is 153 Å². The Balaban J connectivity index is 1.66. The number of non-ortho nitro benzene ring substituents is 1. The van der Waals surface area contributed by atoms with Crippen LogP contribution < -0.4 is 24.4 Å². The number of allylic oxidation sites excluding steroid dienone is 1. The second-order valence-electron chi connectivity index (χ2n) is 11.2. The second-order valence-corrected chi connectivity index (χ2v) is 12.2. The first-order valence-corrected chi connectivity index (χ1v) is 16.3. The summed E-state index contributed by atoms with van der Waals surface area (Å²) in [5.74, 6) is -0.558. The number of nitro benzene ring substituents is 1. The summed E-state index contributed by atoms with van der Waals surface area (Å²) >= 11 is 1.20. The maximum absolute atomic E-state index is 14.3. The fourth-order valence-electron chi connectivity index (χ4n) is 5.83. The third-order valence-electron chi connectivity index (χ3n) is 8.06. The van der Waals surface area contributed by atoms with Crippen molar-refractivity contribution in [1.29, 1.82) is 0 Å². The quantitative estimate of drug-likeness (QED) is 0.127. The molecule has 0 bridgehead atoms. The lowest BCUT2D eigenvalue weighted by molar-refractivity contribution is -0.384. The third-order valence-corrected chi connectivity index (χ3v) is 9.05. The van der Waals surface area contributed by atoms with Crippen LogP contribution in [0.1, 0.15) is 54.9 Å². The van der Waals surface area contributed by atoms with Crippen LogP contribution >= 0.6 is 11.3 Å². The minimum absolute atomic E-state index is 0.00817. The minimum Gasteiger partial charge on any atom is -0.490 e. The lowest BCUT2D eigenvalue weighted by Gasteiger charge is -2.25. The van der Waals surface area contributed by atoms with E-state index in [9.17, 15) is 24.5 Å². The number of aromatic nitrogens is 2. The zero-order valence-corrected chi connectivity index (χ0v) is 29.0. The summed E-state index contributed by atoms with van der Waals surface area (Å²) in [4.78, 5) is 55.4. The predicted molar refractivity (Wildman–Crippen MR) is 182 cm³/mol. The Kier molecular flexibility index (Phi) is 10.2. The number of hydrogen-bond acceptors (Lipinski definition) is 11. The van der Waals surface area contributed by atoms with Crippen LogP contribution in [0.3, 0.4) is 0 Å². The molecule has 49 heavy (non-hydrogen) atoms. The summed E-state index contributed by atoms with van der Waals surface area (Å²) in [6.45, 7) is 11.0. The molecular weight excluding hydrogens is 652 g/mol. The number of nitrogens with zero attached hydrogens (tertiary/aromatic N) is 4. The highest BCUT2D eigenvalue weighted by Crippen LogP contribution is 2.36. The number of hydrogen-bond donors (Lipinski definition) is 0. The normalized spacial score (nSPS) is 14.3. The monoisotopic (exact) mass is 688 g/mol. The highest BCUT2D eigenvalue weighted by Gasteiger charge is 2.34. The van der Waals surface area contributed by atoms with Crippen molar-refractivity contribution in [2.45, 2.75) is 47.6 Å². The van der Waals surface area contributed by atoms with Crippen LogP contribution in [0.25, 0.3) is 11.8 Å². The van der Waals surface area contributed by atoms with Crippen molar-refractivity contribution in [3.63, 3.8) is 0 Å². The van der Waals surface area contributed by atoms with E-state index in [2.05, 4.69) is 9.73 Å². The number of aryl methyl sites for hydroxylation is 2. The molecule has 14 heteroatoms. The molecule has 5 rings (SSSR count). The number of benzene rings is 2. The van der Waals surface area contributed by atoms with E-state index >= 15 is 0 Å². The number of thiazole rings is 1. The maximum atomic E-state index is 14.3. The smallest absolute Gasteiger partial charge is 0.343 e. The molecule has 4 aromatic rings. The number of carbonyl (C=O) groups excluding carboxylic acids is 2. The van der Waals surface area contributed by atoms with Gasteiger partial charge in [-0.15, -0.1) is 0 Å². The first kappa shape index (κ1) is 34.8. The number of carbonyl (C=O) groups is 2. The van der Waals surface area contributed by atoms with E-state index in [0.717, 1.165) is 28.2 Å². The number of nitro groups is 1. The van der Waals surface area contributed by atoms with Crippen LogP contribution in [0.2, 0.25) is 0 Å². The van der Waals surface area contributed by atoms with Gasteiger partial charge in [0.15, 0.2) is 22.9 Å². The SMILES string of the molecule is CCOC(=O)C1=C(C)N=c2s/c(=C\c3cc(C)n(-c4ccc([N+](=O)[O-])cc4C)c3C)c(=O)n2[C@H]1c1ccc(OCC(=O)OC)c(OCC)c1. The van der Waals surface area contributed by atoms with Gasteiger partial charge in [0.1, 0.15) is 0 Å². The van der Waals surface area contributed by atoms with Crippen LogP contribution in [0.5, 0.6) is 11.5 Å². The van der Waals surface area contributed by atoms with Gasteiger partial charge in [0.25, 0.3) is 11.2 Å². The molecule has 1 atom stereocenters. The van der Waals surface area contributed by atoms with E-state index < -0.39 is 22.9 Å². The number of fused-ring (bicyclic) bond motifs is 1. The predicted octanol–water partition coefficient (Wildman–Crippen LogP) is 4.37. The number of methoxy groups -OCH3 is 1. The molecular formula is C35H36N4O9S. The van der Waals surface area contributed by atoms with Gasteiger partial charge in [0.05, 0.1) is 47.1 Å². The van der Waals surface area contributed by atoms with Crippen LogP contribution in [-0.2, 0) is 19.1 Å². The van der Waals surface area contributed by atoms with E-state index in [0.29, 0.717) is 32.1 Å². The fourth-order valence-corrected chi connectivity index (χ4v) is 6.87. The summed E-state index contributed by atoms with van der Waals surface area (Å²) in [5.41, 5.74) is 4.84. The second kappa shape index (κ2) is 14.3. The Hall–Kier alpha value is -5.50. The summed E-state index contributed by atoms with van der Waals surface area (Å²) in [6, 6.07) is 10.8. The maximum Gasteiger partial charge on any atom is 0.343 e. The average molecular weight is 689 g/mol. The standard InChI is InChI=1S/C35H36N4O9S/c1-8-46-28-16-23(10-13-27(28)48-18-30(40)45-7)32-31(34(42)47-9-2)21(5)36-35-38(32)33(41)29(49-35)17-24-15-20(4)37(22(24)6)26-12-11-25(39(43)44)14-19(26)3/h10-17,32H,8-9,18H2,1-7H3/b29-17-/t32-/m0/s1. The van der Waals surface area contributed by atoms with Gasteiger partial charge < -0.3 is 23.5 Å². The van der Waals surface area contributed by atoms with Crippen LogP contribution in [0.4, 0.5) is 5.69 Å². The van der Waals surface area contributed by atoms with Crippen LogP contribution in [0, 0.1) is 30.9 Å². The van der Waals surface area contributed by atoms with E-state index in [1.165, 1.54) is 35.1 Å². The largest absolute Gasteiger partial charge is 0.490 e. The molecule has 2 aromatic carbocycles. The van der Waals surface area contributed by atoms with Crippen molar-refractivity contribution in [3.8, 4) is 17.2 Å². The van der Waals surface area contributed by atoms with Crippen LogP contribution in [0.15, 0.2) is 63.5 Å². The number of ether oxygens (including phenoxy) is 4. The Morgan fingerprint density at radius 2 is 1.78 bits per heavy atom. The van der Waals surface area contributed by atoms with Gasteiger partial charge in [0, 0.05) is 29.2 Å². The van der Waals surface area contributed by atoms with Gasteiger partial charge in [-0.2, -0.15) is 0 Å². The Morgan fingerprint density at radius 3 is 2.43 bits per heavy atom. The van der Waals surface area contributed by atoms with Gasteiger partial charge in [-0.3, -0.25) is 19.5 Å². The van der Waals surface area contributed by atoms with Crippen molar-refractivity contribution in [2.75, 3.05) is 26.9 Å². The van der Waals surface area contributed by atoms with E-state index in [1.54, 1.807) is 51.1 Å². The van der Waals surface area contributed by atoms with Gasteiger partial charge in [-0.25, -0.2) is 14.6 Å². The zero-order valence-electron chi connectivity index (χ0n) is 28.2. The molecule has 0 unspecified atom stereocenters. The van der Waals surface area contributed by atoms with Crippen molar-refractivity contribution < 1.29 is 33.5 Å². The average Bonchev–Trinajstić information content (AvgIpc) is 3.52. The van der Waals surface area contributed by atoms with Crippen molar-refractivity contribution in [1.82, 2.24) is 9.13 Å². The molecule has 0 N–H and O–H groups in total. The molecule has 0 fully saturated rings. The van der Waals surface area contributed by atoms with Crippen molar-refractivity contribution in [2.24, 2.45) is 4.99 Å². The lowest BCUT2D eigenvalue weighted by atomic mass is 9.95. The molecule has 2 aromatic heterocycles. The van der Waals surface area contributed by atoms with Gasteiger partial charge in [-0.1, -0.05) is 17.4 Å².